The third kappa shape index (κ3) is 7.59. The zero-order valence-electron chi connectivity index (χ0n) is 17.8. The van der Waals surface area contributed by atoms with E-state index >= 15 is 0 Å². The number of alkyl halides is 1. The van der Waals surface area contributed by atoms with Crippen molar-refractivity contribution in [2.24, 2.45) is 0 Å². The number of ether oxygens (including phenoxy) is 3. The Kier molecular flexibility index (Phi) is 8.73. The molecular formula is C25H23ClN2O5. The van der Waals surface area contributed by atoms with Crippen molar-refractivity contribution in [1.29, 1.82) is 0 Å². The highest BCUT2D eigenvalue weighted by atomic mass is 35.5. The van der Waals surface area contributed by atoms with E-state index in [2.05, 4.69) is 17.2 Å². The van der Waals surface area contributed by atoms with Crippen LogP contribution in [0.25, 0.3) is 0 Å². The van der Waals surface area contributed by atoms with Crippen molar-refractivity contribution in [3.05, 3.63) is 85.5 Å². The molecule has 1 heterocycles. The first kappa shape index (κ1) is 23.7. The van der Waals surface area contributed by atoms with E-state index in [-0.39, 0.29) is 17.7 Å². The van der Waals surface area contributed by atoms with E-state index < -0.39 is 0 Å². The van der Waals surface area contributed by atoms with Crippen LogP contribution in [-0.4, -0.2) is 30.9 Å². The van der Waals surface area contributed by atoms with Crippen LogP contribution in [-0.2, 0) is 9.59 Å². The van der Waals surface area contributed by atoms with Gasteiger partial charge in [-0.3, -0.25) is 9.59 Å². The molecule has 3 aromatic rings. The fraction of sp³-hybridized carbons (Fsp3) is 0.120. The number of hydrogen-bond acceptors (Lipinski definition) is 5. The minimum Gasteiger partial charge on any atom is -0.486 e. The van der Waals surface area contributed by atoms with Gasteiger partial charge >= 0.3 is 0 Å². The molecule has 1 aliphatic heterocycles. The molecule has 8 heteroatoms. The molecular weight excluding hydrogens is 444 g/mol. The number of nitrogens with one attached hydrogen (secondary N) is 2. The molecule has 2 amide bonds. The molecule has 7 nitrogen and oxygen atoms in total. The average molecular weight is 467 g/mol. The van der Waals surface area contributed by atoms with Crippen molar-refractivity contribution >= 4 is 34.8 Å². The molecule has 0 atom stereocenters. The van der Waals surface area contributed by atoms with Gasteiger partial charge in [0.2, 0.25) is 11.8 Å². The lowest BCUT2D eigenvalue weighted by atomic mass is 10.2. The number of hydrogen-bond donors (Lipinski definition) is 2. The Balaban J connectivity index is 0.000000189. The standard InChI is InChI=1S/C15H13NO2.C10H10ClNO3/c1-2-15(17)16-12-8-10-14(11-9-12)18-13-6-4-3-5-7-13;11-6-10(13)12-7-1-2-8-9(5-7)15-4-3-14-8/h2-11H,1H2,(H,16,17);1-2,5H,3-4,6H2,(H,12,13). The van der Waals surface area contributed by atoms with E-state index in [0.717, 1.165) is 11.5 Å². The first-order valence-corrected chi connectivity index (χ1v) is 10.6. The fourth-order valence-corrected chi connectivity index (χ4v) is 2.81. The first-order chi connectivity index (χ1) is 16.1. The predicted molar refractivity (Wildman–Crippen MR) is 129 cm³/mol. The van der Waals surface area contributed by atoms with E-state index in [1.54, 1.807) is 42.5 Å². The minimum atomic E-state index is -0.242. The normalized spacial score (nSPS) is 11.3. The second kappa shape index (κ2) is 12.2. The lowest BCUT2D eigenvalue weighted by Gasteiger charge is -2.18. The molecule has 0 unspecified atom stereocenters. The van der Waals surface area contributed by atoms with Crippen LogP contribution < -0.4 is 24.8 Å². The molecule has 0 bridgehead atoms. The SMILES string of the molecule is C=CC(=O)Nc1ccc(Oc2ccccc2)cc1.O=C(CCl)Nc1ccc2c(c1)OCCO2. The summed E-state index contributed by atoms with van der Waals surface area (Å²) in [6.45, 7) is 4.48. The Bertz CT molecular complexity index is 1090. The van der Waals surface area contributed by atoms with Crippen LogP contribution in [0.3, 0.4) is 0 Å². The van der Waals surface area contributed by atoms with Gasteiger partial charge in [-0.05, 0) is 54.6 Å². The van der Waals surface area contributed by atoms with Crippen molar-refractivity contribution in [2.75, 3.05) is 29.7 Å². The molecule has 1 aliphatic rings. The van der Waals surface area contributed by atoms with Crippen molar-refractivity contribution in [3.8, 4) is 23.0 Å². The van der Waals surface area contributed by atoms with E-state index in [1.165, 1.54) is 6.08 Å². The Hall–Kier alpha value is -3.97. The summed E-state index contributed by atoms with van der Waals surface area (Å²) in [7, 11) is 0. The highest BCUT2D eigenvalue weighted by Crippen LogP contribution is 2.32. The van der Waals surface area contributed by atoms with Crippen LogP contribution in [0.5, 0.6) is 23.0 Å². The van der Waals surface area contributed by atoms with Gasteiger partial charge in [0, 0.05) is 17.4 Å². The number of fused-ring (bicyclic) bond motifs is 1. The summed E-state index contributed by atoms with van der Waals surface area (Å²) >= 11 is 5.38. The Morgan fingerprint density at radius 3 is 2.18 bits per heavy atom. The van der Waals surface area contributed by atoms with Gasteiger partial charge < -0.3 is 24.8 Å². The number of carbonyl (C=O) groups excluding carboxylic acids is 2. The summed E-state index contributed by atoms with van der Waals surface area (Å²) in [5, 5.41) is 5.31. The van der Waals surface area contributed by atoms with Crippen LogP contribution in [0, 0.1) is 0 Å². The Morgan fingerprint density at radius 2 is 1.52 bits per heavy atom. The number of rotatable bonds is 6. The van der Waals surface area contributed by atoms with E-state index in [4.69, 9.17) is 25.8 Å². The molecule has 0 spiro atoms. The lowest BCUT2D eigenvalue weighted by molar-refractivity contribution is -0.114. The summed E-state index contributed by atoms with van der Waals surface area (Å²) in [5.74, 6) is 2.31. The van der Waals surface area contributed by atoms with Crippen molar-refractivity contribution < 1.29 is 23.8 Å². The van der Waals surface area contributed by atoms with Crippen LogP contribution in [0.2, 0.25) is 0 Å². The first-order valence-electron chi connectivity index (χ1n) is 10.1. The van der Waals surface area contributed by atoms with Gasteiger partial charge in [-0.25, -0.2) is 0 Å². The molecule has 0 saturated heterocycles. The second-order valence-corrected chi connectivity index (χ2v) is 6.94. The van der Waals surface area contributed by atoms with Gasteiger partial charge in [-0.1, -0.05) is 24.8 Å². The van der Waals surface area contributed by atoms with Crippen LogP contribution in [0.15, 0.2) is 85.5 Å². The van der Waals surface area contributed by atoms with Crippen LogP contribution >= 0.6 is 11.6 Å². The summed E-state index contributed by atoms with van der Waals surface area (Å²) < 4.78 is 16.3. The lowest BCUT2D eigenvalue weighted by Crippen LogP contribution is -2.16. The van der Waals surface area contributed by atoms with Crippen LogP contribution in [0.4, 0.5) is 11.4 Å². The maximum Gasteiger partial charge on any atom is 0.247 e. The third-order valence-electron chi connectivity index (χ3n) is 4.23. The molecule has 0 fully saturated rings. The van der Waals surface area contributed by atoms with E-state index in [1.807, 2.05) is 30.3 Å². The number of benzene rings is 3. The third-order valence-corrected chi connectivity index (χ3v) is 4.48. The molecule has 0 radical (unpaired) electrons. The number of carbonyl (C=O) groups is 2. The largest absolute Gasteiger partial charge is 0.486 e. The van der Waals surface area contributed by atoms with Crippen molar-refractivity contribution in [2.45, 2.75) is 0 Å². The Labute approximate surface area is 196 Å². The van der Waals surface area contributed by atoms with Gasteiger partial charge in [0.05, 0.1) is 0 Å². The number of para-hydroxylation sites is 1. The Morgan fingerprint density at radius 1 is 0.879 bits per heavy atom. The quantitative estimate of drug-likeness (QED) is 0.383. The number of anilines is 2. The van der Waals surface area contributed by atoms with Crippen molar-refractivity contribution in [1.82, 2.24) is 0 Å². The monoisotopic (exact) mass is 466 g/mol. The molecule has 170 valence electrons. The predicted octanol–water partition coefficient (Wildman–Crippen LogP) is 5.24. The van der Waals surface area contributed by atoms with Gasteiger partial charge in [-0.15, -0.1) is 11.6 Å². The van der Waals surface area contributed by atoms with Gasteiger partial charge in [-0.2, -0.15) is 0 Å². The maximum absolute atomic E-state index is 11.1. The second-order valence-electron chi connectivity index (χ2n) is 6.67. The minimum absolute atomic E-state index is 0.0611. The van der Waals surface area contributed by atoms with Crippen molar-refractivity contribution in [3.63, 3.8) is 0 Å². The highest BCUT2D eigenvalue weighted by molar-refractivity contribution is 6.29. The van der Waals surface area contributed by atoms with Crippen LogP contribution in [0.1, 0.15) is 0 Å². The maximum atomic E-state index is 11.1. The zero-order chi connectivity index (χ0) is 23.5. The summed E-state index contributed by atoms with van der Waals surface area (Å²) in [5.41, 5.74) is 1.37. The molecule has 4 rings (SSSR count). The molecule has 0 aliphatic carbocycles. The van der Waals surface area contributed by atoms with Gasteiger partial charge in [0.1, 0.15) is 30.6 Å². The highest BCUT2D eigenvalue weighted by Gasteiger charge is 2.12. The van der Waals surface area contributed by atoms with Gasteiger partial charge in [0.25, 0.3) is 0 Å². The number of amides is 2. The number of halogens is 1. The average Bonchev–Trinajstić information content (AvgIpc) is 2.86. The summed E-state index contributed by atoms with van der Waals surface area (Å²) in [4.78, 5) is 22.1. The molecule has 3 aromatic carbocycles. The smallest absolute Gasteiger partial charge is 0.247 e. The molecule has 0 aromatic heterocycles. The molecule has 2 N–H and O–H groups in total. The van der Waals surface area contributed by atoms with E-state index in [9.17, 15) is 9.59 Å². The van der Waals surface area contributed by atoms with E-state index in [0.29, 0.717) is 36.1 Å². The summed E-state index contributed by atoms with van der Waals surface area (Å²) in [6, 6.07) is 21.9. The fourth-order valence-electron chi connectivity index (χ4n) is 2.74. The zero-order valence-corrected chi connectivity index (χ0v) is 18.5. The summed E-state index contributed by atoms with van der Waals surface area (Å²) in [6.07, 6.45) is 1.23. The molecule has 33 heavy (non-hydrogen) atoms. The topological polar surface area (TPSA) is 85.9 Å². The molecule has 0 saturated carbocycles. The van der Waals surface area contributed by atoms with Gasteiger partial charge in [0.15, 0.2) is 11.5 Å².